The molecule has 1 aromatic heterocycles. The van der Waals surface area contributed by atoms with Gasteiger partial charge in [0, 0.05) is 30.4 Å². The molecule has 1 heterocycles. The van der Waals surface area contributed by atoms with E-state index in [0.717, 1.165) is 40.9 Å². The SMILES string of the molecule is COCC(C)Cn1c(CCCl)nc2cc(Br)ccc21. The Morgan fingerprint density at radius 2 is 2.26 bits per heavy atom. The molecule has 2 rings (SSSR count). The predicted molar refractivity (Wildman–Crippen MR) is 82.9 cm³/mol. The molecule has 0 aliphatic rings. The van der Waals surface area contributed by atoms with Crippen LogP contribution in [0.5, 0.6) is 0 Å². The molecule has 5 heteroatoms. The second-order valence-corrected chi connectivity index (χ2v) is 6.06. The van der Waals surface area contributed by atoms with Crippen LogP contribution >= 0.6 is 27.5 Å². The summed E-state index contributed by atoms with van der Waals surface area (Å²) in [5.74, 6) is 2.08. The summed E-state index contributed by atoms with van der Waals surface area (Å²) in [6.07, 6.45) is 0.785. The molecule has 19 heavy (non-hydrogen) atoms. The van der Waals surface area contributed by atoms with Gasteiger partial charge in [-0.15, -0.1) is 11.6 Å². The van der Waals surface area contributed by atoms with Gasteiger partial charge in [-0.3, -0.25) is 0 Å². The van der Waals surface area contributed by atoms with Crippen molar-refractivity contribution in [2.75, 3.05) is 19.6 Å². The molecule has 0 spiro atoms. The molecule has 0 fully saturated rings. The summed E-state index contributed by atoms with van der Waals surface area (Å²) >= 11 is 9.36. The number of ether oxygens (including phenoxy) is 1. The van der Waals surface area contributed by atoms with Crippen LogP contribution in [0, 0.1) is 5.92 Å². The van der Waals surface area contributed by atoms with Crippen LogP contribution in [0.25, 0.3) is 11.0 Å². The number of hydrogen-bond acceptors (Lipinski definition) is 2. The number of imidazole rings is 1. The quantitative estimate of drug-likeness (QED) is 0.743. The first kappa shape index (κ1) is 14.8. The maximum atomic E-state index is 5.88. The monoisotopic (exact) mass is 344 g/mol. The van der Waals surface area contributed by atoms with Crippen molar-refractivity contribution in [2.24, 2.45) is 5.92 Å². The number of benzene rings is 1. The lowest BCUT2D eigenvalue weighted by atomic mass is 10.2. The first-order valence-corrected chi connectivity index (χ1v) is 7.68. The maximum absolute atomic E-state index is 5.88. The molecule has 1 atom stereocenters. The van der Waals surface area contributed by atoms with Crippen LogP contribution < -0.4 is 0 Å². The Bertz CT molecular complexity index is 556. The minimum absolute atomic E-state index is 0.445. The molecule has 1 aromatic carbocycles. The third-order valence-electron chi connectivity index (χ3n) is 3.05. The second kappa shape index (κ2) is 6.73. The van der Waals surface area contributed by atoms with Crippen LogP contribution in [-0.2, 0) is 17.7 Å². The van der Waals surface area contributed by atoms with E-state index >= 15 is 0 Å². The van der Waals surface area contributed by atoms with E-state index in [1.54, 1.807) is 7.11 Å². The normalized spacial score (nSPS) is 13.1. The minimum atomic E-state index is 0.445. The van der Waals surface area contributed by atoms with Crippen molar-refractivity contribution in [3.05, 3.63) is 28.5 Å². The summed E-state index contributed by atoms with van der Waals surface area (Å²) in [6, 6.07) is 6.19. The van der Waals surface area contributed by atoms with Crippen LogP contribution in [-0.4, -0.2) is 29.1 Å². The molecular formula is C14H18BrClN2O. The van der Waals surface area contributed by atoms with Crippen molar-refractivity contribution in [3.63, 3.8) is 0 Å². The van der Waals surface area contributed by atoms with Gasteiger partial charge in [-0.1, -0.05) is 22.9 Å². The van der Waals surface area contributed by atoms with Crippen LogP contribution in [0.2, 0.25) is 0 Å². The Morgan fingerprint density at radius 3 is 2.95 bits per heavy atom. The number of halogens is 2. The highest BCUT2D eigenvalue weighted by molar-refractivity contribution is 9.10. The lowest BCUT2D eigenvalue weighted by Gasteiger charge is -2.14. The van der Waals surface area contributed by atoms with E-state index in [-0.39, 0.29) is 0 Å². The molecule has 2 aromatic rings. The van der Waals surface area contributed by atoms with Gasteiger partial charge < -0.3 is 9.30 Å². The van der Waals surface area contributed by atoms with E-state index in [0.29, 0.717) is 11.8 Å². The molecule has 0 saturated carbocycles. The Kier molecular flexibility index (Phi) is 5.25. The van der Waals surface area contributed by atoms with Gasteiger partial charge in [0.1, 0.15) is 5.82 Å². The zero-order valence-electron chi connectivity index (χ0n) is 11.2. The van der Waals surface area contributed by atoms with Crippen molar-refractivity contribution < 1.29 is 4.74 Å². The zero-order chi connectivity index (χ0) is 13.8. The Balaban J connectivity index is 2.39. The lowest BCUT2D eigenvalue weighted by molar-refractivity contribution is 0.151. The van der Waals surface area contributed by atoms with Crippen molar-refractivity contribution in [2.45, 2.75) is 19.9 Å². The maximum Gasteiger partial charge on any atom is 0.111 e. The highest BCUT2D eigenvalue weighted by atomic mass is 79.9. The van der Waals surface area contributed by atoms with Crippen molar-refractivity contribution in [1.82, 2.24) is 9.55 Å². The third-order valence-corrected chi connectivity index (χ3v) is 3.74. The fourth-order valence-corrected chi connectivity index (χ4v) is 2.80. The molecule has 1 unspecified atom stereocenters. The van der Waals surface area contributed by atoms with Crippen LogP contribution in [0.4, 0.5) is 0 Å². The van der Waals surface area contributed by atoms with E-state index in [1.807, 2.05) is 12.1 Å². The first-order valence-electron chi connectivity index (χ1n) is 6.35. The summed E-state index contributed by atoms with van der Waals surface area (Å²) in [4.78, 5) is 4.68. The van der Waals surface area contributed by atoms with Crippen molar-refractivity contribution in [3.8, 4) is 0 Å². The van der Waals surface area contributed by atoms with E-state index < -0.39 is 0 Å². The summed E-state index contributed by atoms with van der Waals surface area (Å²) in [7, 11) is 1.74. The van der Waals surface area contributed by atoms with Gasteiger partial charge in [0.05, 0.1) is 17.6 Å². The number of fused-ring (bicyclic) bond motifs is 1. The van der Waals surface area contributed by atoms with Gasteiger partial charge in [-0.25, -0.2) is 4.98 Å². The van der Waals surface area contributed by atoms with Gasteiger partial charge >= 0.3 is 0 Å². The molecule has 0 aliphatic heterocycles. The average Bonchev–Trinajstić information content (AvgIpc) is 2.67. The summed E-state index contributed by atoms with van der Waals surface area (Å²) in [5, 5.41) is 0. The number of nitrogens with zero attached hydrogens (tertiary/aromatic N) is 2. The molecule has 0 N–H and O–H groups in total. The Morgan fingerprint density at radius 1 is 1.47 bits per heavy atom. The highest BCUT2D eigenvalue weighted by Gasteiger charge is 2.13. The molecule has 0 saturated heterocycles. The predicted octanol–water partition coefficient (Wildman–Crippen LogP) is 3.86. The highest BCUT2D eigenvalue weighted by Crippen LogP contribution is 2.22. The Hall–Kier alpha value is -0.580. The van der Waals surface area contributed by atoms with Crippen molar-refractivity contribution >= 4 is 38.6 Å². The molecule has 0 bridgehead atoms. The van der Waals surface area contributed by atoms with Crippen molar-refractivity contribution in [1.29, 1.82) is 0 Å². The van der Waals surface area contributed by atoms with Crippen LogP contribution in [0.1, 0.15) is 12.7 Å². The van der Waals surface area contributed by atoms with Gasteiger partial charge in [0.25, 0.3) is 0 Å². The van der Waals surface area contributed by atoms with Gasteiger partial charge in [-0.05, 0) is 24.1 Å². The van der Waals surface area contributed by atoms with Gasteiger partial charge in [0.2, 0.25) is 0 Å². The van der Waals surface area contributed by atoms with Gasteiger partial charge in [0.15, 0.2) is 0 Å². The number of methoxy groups -OCH3 is 1. The van der Waals surface area contributed by atoms with E-state index in [4.69, 9.17) is 16.3 Å². The van der Waals surface area contributed by atoms with E-state index in [1.165, 1.54) is 0 Å². The third kappa shape index (κ3) is 3.50. The number of rotatable bonds is 6. The molecule has 0 aliphatic carbocycles. The number of aryl methyl sites for hydroxylation is 1. The molecular weight excluding hydrogens is 328 g/mol. The fraction of sp³-hybridized carbons (Fsp3) is 0.500. The standard InChI is InChI=1S/C14H18BrClN2O/c1-10(9-19-2)8-18-13-4-3-11(15)7-12(13)17-14(18)5-6-16/h3-4,7,10H,5-6,8-9H2,1-2H3. The number of aromatic nitrogens is 2. The first-order chi connectivity index (χ1) is 9.15. The molecule has 0 radical (unpaired) electrons. The van der Waals surface area contributed by atoms with E-state index in [2.05, 4.69) is 38.5 Å². The summed E-state index contributed by atoms with van der Waals surface area (Å²) in [6.45, 7) is 3.83. The lowest BCUT2D eigenvalue weighted by Crippen LogP contribution is -2.15. The summed E-state index contributed by atoms with van der Waals surface area (Å²) in [5.41, 5.74) is 2.17. The largest absolute Gasteiger partial charge is 0.384 e. The number of alkyl halides is 1. The number of hydrogen-bond donors (Lipinski definition) is 0. The average molecular weight is 346 g/mol. The van der Waals surface area contributed by atoms with Crippen LogP contribution in [0.15, 0.2) is 22.7 Å². The Labute approximate surface area is 127 Å². The molecule has 104 valence electrons. The van der Waals surface area contributed by atoms with E-state index in [9.17, 15) is 0 Å². The fourth-order valence-electron chi connectivity index (χ4n) is 2.28. The smallest absolute Gasteiger partial charge is 0.111 e. The molecule has 0 amide bonds. The molecule has 3 nitrogen and oxygen atoms in total. The van der Waals surface area contributed by atoms with Crippen LogP contribution in [0.3, 0.4) is 0 Å². The van der Waals surface area contributed by atoms with Gasteiger partial charge in [-0.2, -0.15) is 0 Å². The second-order valence-electron chi connectivity index (χ2n) is 4.77. The zero-order valence-corrected chi connectivity index (χ0v) is 13.5. The topological polar surface area (TPSA) is 27.1 Å². The summed E-state index contributed by atoms with van der Waals surface area (Å²) < 4.78 is 8.52. The minimum Gasteiger partial charge on any atom is -0.384 e.